The number of nitrogens with one attached hydrogen (secondary N) is 1. The predicted octanol–water partition coefficient (Wildman–Crippen LogP) is 3.15. The minimum atomic E-state index is -0.945. The van der Waals surface area contributed by atoms with Gasteiger partial charge in [-0.1, -0.05) is 13.3 Å². The van der Waals surface area contributed by atoms with Crippen LogP contribution >= 0.6 is 0 Å². The number of pyridine rings is 1. The second-order valence-electron chi connectivity index (χ2n) is 4.84. The summed E-state index contributed by atoms with van der Waals surface area (Å²) in [6.07, 6.45) is 4.85. The summed E-state index contributed by atoms with van der Waals surface area (Å²) in [6, 6.07) is 4.95. The molecule has 0 aliphatic heterocycles. The number of imidazole rings is 1. The maximum Gasteiger partial charge on any atom is 0.335 e. The first-order valence-corrected chi connectivity index (χ1v) is 6.69. The van der Waals surface area contributed by atoms with Crippen LogP contribution in [0.4, 0.5) is 0 Å². The zero-order chi connectivity index (χ0) is 14.1. The molecule has 3 aromatic rings. The third-order valence-electron chi connectivity index (χ3n) is 3.38. The molecule has 0 saturated heterocycles. The number of unbranched alkanes of at least 4 members (excludes halogenated alkanes) is 1. The maximum atomic E-state index is 11.0. The first-order chi connectivity index (χ1) is 9.69. The van der Waals surface area contributed by atoms with Crippen LogP contribution in [-0.4, -0.2) is 26.0 Å². The summed E-state index contributed by atoms with van der Waals surface area (Å²) in [5, 5.41) is 9.89. The average Bonchev–Trinajstić information content (AvgIpc) is 2.87. The van der Waals surface area contributed by atoms with E-state index in [0.717, 1.165) is 41.5 Å². The highest BCUT2D eigenvalue weighted by Crippen LogP contribution is 2.23. The number of hydrogen-bond donors (Lipinski definition) is 2. The summed E-state index contributed by atoms with van der Waals surface area (Å²) in [5.74, 6) is 0.0120. The number of aromatic amines is 1. The molecule has 0 unspecified atom stereocenters. The van der Waals surface area contributed by atoms with Gasteiger partial charge in [-0.3, -0.25) is 4.98 Å². The van der Waals surface area contributed by atoms with Crippen molar-refractivity contribution in [2.45, 2.75) is 26.2 Å². The van der Waals surface area contributed by atoms with Gasteiger partial charge in [-0.25, -0.2) is 9.78 Å². The van der Waals surface area contributed by atoms with Crippen molar-refractivity contribution < 1.29 is 9.90 Å². The minimum Gasteiger partial charge on any atom is -0.478 e. The fourth-order valence-electron chi connectivity index (χ4n) is 2.30. The lowest BCUT2D eigenvalue weighted by Gasteiger charge is -1.99. The SMILES string of the molecule is CCCCc1nc2c(cnc3cc(C(=O)O)ccc32)[nH]1. The van der Waals surface area contributed by atoms with Crippen LogP contribution in [0, 0.1) is 0 Å². The highest BCUT2D eigenvalue weighted by molar-refractivity contribution is 6.04. The third-order valence-corrected chi connectivity index (χ3v) is 3.38. The second kappa shape index (κ2) is 4.92. The molecule has 0 aliphatic rings. The van der Waals surface area contributed by atoms with Crippen LogP contribution in [0.5, 0.6) is 0 Å². The van der Waals surface area contributed by atoms with Gasteiger partial charge < -0.3 is 10.1 Å². The number of benzene rings is 1. The first-order valence-electron chi connectivity index (χ1n) is 6.69. The molecule has 0 spiro atoms. The van der Waals surface area contributed by atoms with Crippen molar-refractivity contribution in [1.29, 1.82) is 0 Å². The molecule has 1 aromatic carbocycles. The van der Waals surface area contributed by atoms with Gasteiger partial charge in [0, 0.05) is 11.8 Å². The van der Waals surface area contributed by atoms with Gasteiger partial charge in [0.25, 0.3) is 0 Å². The summed E-state index contributed by atoms with van der Waals surface area (Å²) >= 11 is 0. The Balaban J connectivity index is 2.14. The Morgan fingerprint density at radius 3 is 3.00 bits per heavy atom. The van der Waals surface area contributed by atoms with Gasteiger partial charge in [0.05, 0.1) is 28.3 Å². The number of aryl methyl sites for hydroxylation is 1. The lowest BCUT2D eigenvalue weighted by Crippen LogP contribution is -1.96. The van der Waals surface area contributed by atoms with E-state index in [1.54, 1.807) is 24.4 Å². The molecule has 0 atom stereocenters. The molecule has 20 heavy (non-hydrogen) atoms. The van der Waals surface area contributed by atoms with E-state index in [1.807, 2.05) is 0 Å². The van der Waals surface area contributed by atoms with Crippen LogP contribution in [0.15, 0.2) is 24.4 Å². The van der Waals surface area contributed by atoms with Crippen molar-refractivity contribution in [2.24, 2.45) is 0 Å². The summed E-state index contributed by atoms with van der Waals surface area (Å²) in [4.78, 5) is 23.2. The third kappa shape index (κ3) is 2.11. The minimum absolute atomic E-state index is 0.242. The average molecular weight is 269 g/mol. The monoisotopic (exact) mass is 269 g/mol. The summed E-state index contributed by atoms with van der Waals surface area (Å²) < 4.78 is 0. The van der Waals surface area contributed by atoms with E-state index in [-0.39, 0.29) is 5.56 Å². The van der Waals surface area contributed by atoms with E-state index in [0.29, 0.717) is 5.52 Å². The lowest BCUT2D eigenvalue weighted by atomic mass is 10.1. The highest BCUT2D eigenvalue weighted by atomic mass is 16.4. The summed E-state index contributed by atoms with van der Waals surface area (Å²) in [5.41, 5.74) is 2.65. The van der Waals surface area contributed by atoms with Crippen LogP contribution in [0.2, 0.25) is 0 Å². The molecule has 3 rings (SSSR count). The van der Waals surface area contributed by atoms with Crippen LogP contribution in [0.25, 0.3) is 21.9 Å². The van der Waals surface area contributed by atoms with E-state index in [1.165, 1.54) is 0 Å². The number of nitrogens with zero attached hydrogens (tertiary/aromatic N) is 2. The van der Waals surface area contributed by atoms with E-state index >= 15 is 0 Å². The van der Waals surface area contributed by atoms with Crippen LogP contribution in [0.3, 0.4) is 0 Å². The Morgan fingerprint density at radius 2 is 2.25 bits per heavy atom. The number of hydrogen-bond acceptors (Lipinski definition) is 3. The van der Waals surface area contributed by atoms with Gasteiger partial charge in [-0.05, 0) is 24.6 Å². The van der Waals surface area contributed by atoms with Gasteiger partial charge in [0.15, 0.2) is 0 Å². The standard InChI is InChI=1S/C15H15N3O2/c1-2-3-4-13-17-12-8-16-11-7-9(15(19)20)5-6-10(11)14(12)18-13/h5-8H,2-4H2,1H3,(H,17,18)(H,19,20). The molecule has 102 valence electrons. The molecule has 0 aliphatic carbocycles. The molecule has 0 radical (unpaired) electrons. The normalized spacial score (nSPS) is 11.2. The van der Waals surface area contributed by atoms with Gasteiger partial charge >= 0.3 is 5.97 Å². The molecule has 0 amide bonds. The number of carboxylic acids is 1. The van der Waals surface area contributed by atoms with Crippen molar-refractivity contribution in [2.75, 3.05) is 0 Å². The second-order valence-corrected chi connectivity index (χ2v) is 4.84. The quantitative estimate of drug-likeness (QED) is 0.762. The number of fused-ring (bicyclic) bond motifs is 3. The van der Waals surface area contributed by atoms with Gasteiger partial charge in [-0.15, -0.1) is 0 Å². The van der Waals surface area contributed by atoms with Gasteiger partial charge in [-0.2, -0.15) is 0 Å². The maximum absolute atomic E-state index is 11.0. The smallest absolute Gasteiger partial charge is 0.335 e. The van der Waals surface area contributed by atoms with E-state index in [4.69, 9.17) is 5.11 Å². The Bertz CT molecular complexity index is 792. The zero-order valence-corrected chi connectivity index (χ0v) is 11.2. The Hall–Kier alpha value is -2.43. The summed E-state index contributed by atoms with van der Waals surface area (Å²) in [6.45, 7) is 2.15. The molecular formula is C15H15N3O2. The van der Waals surface area contributed by atoms with E-state index < -0.39 is 5.97 Å². The molecule has 0 saturated carbocycles. The molecule has 0 fully saturated rings. The predicted molar refractivity (Wildman–Crippen MR) is 77.0 cm³/mol. The number of carbonyl (C=O) groups is 1. The van der Waals surface area contributed by atoms with Crippen molar-refractivity contribution in [3.05, 3.63) is 35.8 Å². The van der Waals surface area contributed by atoms with Gasteiger partial charge in [0.1, 0.15) is 5.82 Å². The first kappa shape index (κ1) is 12.6. The largest absolute Gasteiger partial charge is 0.478 e. The van der Waals surface area contributed by atoms with E-state index in [2.05, 4.69) is 21.9 Å². The molecule has 2 N–H and O–H groups in total. The number of aromatic nitrogens is 3. The molecule has 2 heterocycles. The van der Waals surface area contributed by atoms with Crippen LogP contribution in [-0.2, 0) is 6.42 Å². The number of carboxylic acid groups (broad SMARTS) is 1. The molecule has 0 bridgehead atoms. The fraction of sp³-hybridized carbons (Fsp3) is 0.267. The lowest BCUT2D eigenvalue weighted by molar-refractivity contribution is 0.0697. The molecule has 5 nitrogen and oxygen atoms in total. The molecular weight excluding hydrogens is 254 g/mol. The Kier molecular flexibility index (Phi) is 3.10. The van der Waals surface area contributed by atoms with Crippen LogP contribution in [0.1, 0.15) is 35.9 Å². The van der Waals surface area contributed by atoms with Crippen LogP contribution < -0.4 is 0 Å². The van der Waals surface area contributed by atoms with E-state index in [9.17, 15) is 4.79 Å². The Morgan fingerprint density at radius 1 is 1.40 bits per heavy atom. The summed E-state index contributed by atoms with van der Waals surface area (Å²) in [7, 11) is 0. The van der Waals surface area contributed by atoms with Crippen molar-refractivity contribution in [3.8, 4) is 0 Å². The van der Waals surface area contributed by atoms with Crippen molar-refractivity contribution >= 4 is 27.9 Å². The number of rotatable bonds is 4. The number of H-pyrrole nitrogens is 1. The molecule has 5 heteroatoms. The van der Waals surface area contributed by atoms with Crippen molar-refractivity contribution in [3.63, 3.8) is 0 Å². The van der Waals surface area contributed by atoms with Crippen molar-refractivity contribution in [1.82, 2.24) is 15.0 Å². The Labute approximate surface area is 115 Å². The molecule has 2 aromatic heterocycles. The zero-order valence-electron chi connectivity index (χ0n) is 11.2. The van der Waals surface area contributed by atoms with Gasteiger partial charge in [0.2, 0.25) is 0 Å². The fourth-order valence-corrected chi connectivity index (χ4v) is 2.30. The number of aromatic carboxylic acids is 1. The topological polar surface area (TPSA) is 78.9 Å². The highest BCUT2D eigenvalue weighted by Gasteiger charge is 2.10.